The van der Waals surface area contributed by atoms with Crippen molar-refractivity contribution in [1.82, 2.24) is 0 Å². The Morgan fingerprint density at radius 2 is 0.444 bits per heavy atom. The van der Waals surface area contributed by atoms with Crippen molar-refractivity contribution in [3.05, 3.63) is 48.6 Å². The molecular formula is C75H138O6. The molecule has 0 N–H and O–H groups in total. The third-order valence-corrected chi connectivity index (χ3v) is 16.3. The molecule has 0 fully saturated rings. The van der Waals surface area contributed by atoms with E-state index in [9.17, 15) is 14.4 Å². The number of hydrogen-bond donors (Lipinski definition) is 0. The summed E-state index contributed by atoms with van der Waals surface area (Å²) in [7, 11) is 0. The average Bonchev–Trinajstić information content (AvgIpc) is 3.47. The van der Waals surface area contributed by atoms with E-state index in [1.807, 2.05) is 0 Å². The standard InChI is InChI=1S/C75H138O6/c1-4-7-10-13-16-19-22-25-27-29-31-33-35-37-39-40-42-44-46-48-50-53-56-59-62-65-68-74(77)80-71-72(70-79-73(76)67-64-61-58-55-52-24-21-18-15-12-9-6-3)81-75(78)69-66-63-60-57-54-51-49-47-45-43-41-38-36-34-32-30-28-26-23-20-17-14-11-8-5-2/h18,21,23,26,30,32,36,38,72H,4-17,19-20,22,24-25,27-29,31,33-35,37,39-71H2,1-3H3/b21-18-,26-23-,32-30-,38-36-. The van der Waals surface area contributed by atoms with Gasteiger partial charge in [0.1, 0.15) is 13.2 Å². The normalized spacial score (nSPS) is 12.3. The van der Waals surface area contributed by atoms with Crippen molar-refractivity contribution in [2.24, 2.45) is 0 Å². The Labute approximate surface area is 505 Å². The van der Waals surface area contributed by atoms with E-state index in [1.54, 1.807) is 0 Å². The maximum atomic E-state index is 13.0. The first-order valence-electron chi connectivity index (χ1n) is 36.1. The van der Waals surface area contributed by atoms with Gasteiger partial charge in [0.15, 0.2) is 6.10 Å². The van der Waals surface area contributed by atoms with Gasteiger partial charge < -0.3 is 14.2 Å². The predicted octanol–water partition coefficient (Wildman–Crippen LogP) is 24.9. The molecule has 0 aromatic heterocycles. The Hall–Kier alpha value is -2.63. The van der Waals surface area contributed by atoms with E-state index in [2.05, 4.69) is 69.4 Å². The van der Waals surface area contributed by atoms with Crippen LogP contribution in [0.15, 0.2) is 48.6 Å². The molecule has 0 aromatic carbocycles. The smallest absolute Gasteiger partial charge is 0.306 e. The number of hydrogen-bond acceptors (Lipinski definition) is 6. The zero-order valence-corrected chi connectivity index (χ0v) is 54.6. The fourth-order valence-electron chi connectivity index (χ4n) is 10.9. The second-order valence-electron chi connectivity index (χ2n) is 24.5. The summed E-state index contributed by atoms with van der Waals surface area (Å²) in [6.45, 7) is 6.66. The Kier molecular flexibility index (Phi) is 67.6. The number of ether oxygens (including phenoxy) is 3. The van der Waals surface area contributed by atoms with Gasteiger partial charge in [0.25, 0.3) is 0 Å². The van der Waals surface area contributed by atoms with Crippen molar-refractivity contribution < 1.29 is 28.6 Å². The van der Waals surface area contributed by atoms with Crippen LogP contribution in [0.1, 0.15) is 393 Å². The molecule has 0 heterocycles. The highest BCUT2D eigenvalue weighted by atomic mass is 16.6. The lowest BCUT2D eigenvalue weighted by Gasteiger charge is -2.18. The molecule has 81 heavy (non-hydrogen) atoms. The van der Waals surface area contributed by atoms with Crippen LogP contribution in [0.3, 0.4) is 0 Å². The fraction of sp³-hybridized carbons (Fsp3) is 0.853. The molecular weight excluding hydrogens is 997 g/mol. The molecule has 0 amide bonds. The lowest BCUT2D eigenvalue weighted by Crippen LogP contribution is -2.30. The minimum Gasteiger partial charge on any atom is -0.462 e. The Bertz CT molecular complexity index is 1400. The summed E-state index contributed by atoms with van der Waals surface area (Å²) in [4.78, 5) is 38.4. The zero-order valence-electron chi connectivity index (χ0n) is 54.6. The third kappa shape index (κ3) is 68.0. The number of esters is 3. The van der Waals surface area contributed by atoms with E-state index in [0.29, 0.717) is 19.3 Å². The lowest BCUT2D eigenvalue weighted by atomic mass is 10.0. The van der Waals surface area contributed by atoms with E-state index >= 15 is 0 Å². The highest BCUT2D eigenvalue weighted by Gasteiger charge is 2.19. The van der Waals surface area contributed by atoms with Gasteiger partial charge in [-0.2, -0.15) is 0 Å². The van der Waals surface area contributed by atoms with E-state index in [1.165, 1.54) is 276 Å². The van der Waals surface area contributed by atoms with Gasteiger partial charge in [-0.15, -0.1) is 0 Å². The molecule has 1 atom stereocenters. The highest BCUT2D eigenvalue weighted by molar-refractivity contribution is 5.71. The molecule has 0 aromatic rings. The van der Waals surface area contributed by atoms with E-state index in [-0.39, 0.29) is 31.1 Å². The van der Waals surface area contributed by atoms with Crippen LogP contribution in [0, 0.1) is 0 Å². The molecule has 0 radical (unpaired) electrons. The van der Waals surface area contributed by atoms with Gasteiger partial charge in [-0.1, -0.05) is 339 Å². The first-order valence-corrected chi connectivity index (χ1v) is 36.1. The number of unbranched alkanes of at least 4 members (excludes halogenated alkanes) is 48. The van der Waals surface area contributed by atoms with Gasteiger partial charge in [0, 0.05) is 19.3 Å². The molecule has 1 unspecified atom stereocenters. The van der Waals surface area contributed by atoms with Crippen molar-refractivity contribution in [2.45, 2.75) is 399 Å². The molecule has 0 rings (SSSR count). The van der Waals surface area contributed by atoms with Gasteiger partial charge in [-0.25, -0.2) is 0 Å². The SMILES string of the molecule is CCCCC/C=C\CCCCCCCC(=O)OCC(COC(=O)CCCCCCCCCCCCCCCCCCCCCCCCCCCC)OC(=O)CCCCCCCCCCCC/C=C\C/C=C\C/C=C\CCCCCCC. The van der Waals surface area contributed by atoms with Crippen LogP contribution in [0.5, 0.6) is 0 Å². The largest absolute Gasteiger partial charge is 0.462 e. The van der Waals surface area contributed by atoms with E-state index < -0.39 is 6.10 Å². The van der Waals surface area contributed by atoms with Crippen molar-refractivity contribution in [3.8, 4) is 0 Å². The molecule has 6 nitrogen and oxygen atoms in total. The monoisotopic (exact) mass is 1140 g/mol. The molecule has 6 heteroatoms. The lowest BCUT2D eigenvalue weighted by molar-refractivity contribution is -0.167. The van der Waals surface area contributed by atoms with Crippen molar-refractivity contribution in [1.29, 1.82) is 0 Å². The van der Waals surface area contributed by atoms with Crippen LogP contribution in [0.2, 0.25) is 0 Å². The van der Waals surface area contributed by atoms with E-state index in [0.717, 1.165) is 77.0 Å². The summed E-state index contributed by atoms with van der Waals surface area (Å²) in [5.74, 6) is -0.861. The average molecular weight is 1140 g/mol. The summed E-state index contributed by atoms with van der Waals surface area (Å²) in [6, 6.07) is 0. The van der Waals surface area contributed by atoms with E-state index in [4.69, 9.17) is 14.2 Å². The molecule has 0 aliphatic rings. The fourth-order valence-corrected chi connectivity index (χ4v) is 10.9. The second kappa shape index (κ2) is 69.9. The first-order chi connectivity index (χ1) is 40.0. The van der Waals surface area contributed by atoms with Gasteiger partial charge in [0.2, 0.25) is 0 Å². The van der Waals surface area contributed by atoms with Gasteiger partial charge in [-0.3, -0.25) is 14.4 Å². The first kappa shape index (κ1) is 78.4. The van der Waals surface area contributed by atoms with Gasteiger partial charge in [0.05, 0.1) is 0 Å². The van der Waals surface area contributed by atoms with Crippen molar-refractivity contribution in [3.63, 3.8) is 0 Å². The zero-order chi connectivity index (χ0) is 58.5. The Morgan fingerprint density at radius 3 is 0.728 bits per heavy atom. The summed E-state index contributed by atoms with van der Waals surface area (Å²) in [5, 5.41) is 0. The summed E-state index contributed by atoms with van der Waals surface area (Å²) in [6.07, 6.45) is 88.6. The van der Waals surface area contributed by atoms with Crippen LogP contribution in [-0.4, -0.2) is 37.2 Å². The van der Waals surface area contributed by atoms with Crippen LogP contribution in [0.4, 0.5) is 0 Å². The number of rotatable bonds is 67. The van der Waals surface area contributed by atoms with Crippen LogP contribution < -0.4 is 0 Å². The molecule has 0 saturated heterocycles. The van der Waals surface area contributed by atoms with Gasteiger partial charge in [-0.05, 0) is 83.5 Å². The highest BCUT2D eigenvalue weighted by Crippen LogP contribution is 2.18. The Balaban J connectivity index is 4.21. The van der Waals surface area contributed by atoms with Crippen molar-refractivity contribution >= 4 is 17.9 Å². The number of carbonyl (C=O) groups is 3. The summed E-state index contributed by atoms with van der Waals surface area (Å²) >= 11 is 0. The summed E-state index contributed by atoms with van der Waals surface area (Å²) < 4.78 is 17.0. The topological polar surface area (TPSA) is 78.9 Å². The molecule has 474 valence electrons. The number of carbonyl (C=O) groups excluding carboxylic acids is 3. The number of allylic oxidation sites excluding steroid dienone is 8. The summed E-state index contributed by atoms with van der Waals surface area (Å²) in [5.41, 5.74) is 0. The third-order valence-electron chi connectivity index (χ3n) is 16.3. The minimum absolute atomic E-state index is 0.0731. The minimum atomic E-state index is -0.778. The Morgan fingerprint density at radius 1 is 0.247 bits per heavy atom. The van der Waals surface area contributed by atoms with Gasteiger partial charge >= 0.3 is 17.9 Å². The molecule has 0 bridgehead atoms. The van der Waals surface area contributed by atoms with Crippen molar-refractivity contribution in [2.75, 3.05) is 13.2 Å². The molecule has 0 spiro atoms. The molecule has 0 aliphatic heterocycles. The molecule has 0 aliphatic carbocycles. The van der Waals surface area contributed by atoms with Crippen LogP contribution in [0.25, 0.3) is 0 Å². The molecule has 0 saturated carbocycles. The maximum Gasteiger partial charge on any atom is 0.306 e. The second-order valence-corrected chi connectivity index (χ2v) is 24.5. The van der Waals surface area contributed by atoms with Crippen LogP contribution >= 0.6 is 0 Å². The quantitative estimate of drug-likeness (QED) is 0.0261. The predicted molar refractivity (Wildman–Crippen MR) is 353 cm³/mol. The van der Waals surface area contributed by atoms with Crippen LogP contribution in [-0.2, 0) is 28.6 Å². The maximum absolute atomic E-state index is 13.0.